The van der Waals surface area contributed by atoms with Crippen molar-refractivity contribution in [1.82, 2.24) is 0 Å². The SMILES string of the molecule is CC1(SSC2COC(=O)O2)COC(=O)O1. The molecule has 8 heteroatoms. The Bertz CT molecular complexity index is 295. The molecule has 2 rings (SSSR count). The number of hydrogen-bond acceptors (Lipinski definition) is 8. The Morgan fingerprint density at radius 2 is 2.13 bits per heavy atom. The van der Waals surface area contributed by atoms with E-state index in [4.69, 9.17) is 9.47 Å². The summed E-state index contributed by atoms with van der Waals surface area (Å²) in [4.78, 5) is 20.6. The standard InChI is InChI=1S/C7H8O6S2/c1-7(3-11-6(9)13-7)15-14-4-2-10-5(8)12-4/h4H,2-3H2,1H3. The van der Waals surface area contributed by atoms with Gasteiger partial charge in [-0.15, -0.1) is 0 Å². The largest absolute Gasteiger partial charge is 0.510 e. The third-order valence-corrected chi connectivity index (χ3v) is 4.74. The van der Waals surface area contributed by atoms with E-state index in [-0.39, 0.29) is 18.6 Å². The van der Waals surface area contributed by atoms with Crippen molar-refractivity contribution in [2.45, 2.75) is 17.3 Å². The lowest BCUT2D eigenvalue weighted by Crippen LogP contribution is -2.22. The van der Waals surface area contributed by atoms with E-state index in [0.29, 0.717) is 0 Å². The van der Waals surface area contributed by atoms with Crippen LogP contribution in [0.5, 0.6) is 0 Å². The van der Waals surface area contributed by atoms with Crippen LogP contribution < -0.4 is 0 Å². The summed E-state index contributed by atoms with van der Waals surface area (Å²) in [6, 6.07) is 0. The third kappa shape index (κ3) is 2.63. The van der Waals surface area contributed by atoms with Gasteiger partial charge in [-0.05, 0) is 28.5 Å². The zero-order valence-corrected chi connectivity index (χ0v) is 9.39. The molecular formula is C7H8O6S2. The Labute approximate surface area is 93.3 Å². The van der Waals surface area contributed by atoms with Gasteiger partial charge < -0.3 is 18.9 Å². The van der Waals surface area contributed by atoms with Crippen LogP contribution in [0.25, 0.3) is 0 Å². The molecule has 0 spiro atoms. The van der Waals surface area contributed by atoms with Crippen molar-refractivity contribution in [2.24, 2.45) is 0 Å². The summed E-state index contributed by atoms with van der Waals surface area (Å²) in [7, 11) is 2.56. The maximum atomic E-state index is 10.7. The fraction of sp³-hybridized carbons (Fsp3) is 0.714. The van der Waals surface area contributed by atoms with Gasteiger partial charge in [0.2, 0.25) is 4.93 Å². The quantitative estimate of drug-likeness (QED) is 0.555. The fourth-order valence-electron chi connectivity index (χ4n) is 0.981. The summed E-state index contributed by atoms with van der Waals surface area (Å²) < 4.78 is 19.0. The Balaban J connectivity index is 1.78. The molecule has 0 saturated carbocycles. The van der Waals surface area contributed by atoms with Gasteiger partial charge in [0.1, 0.15) is 13.2 Å². The third-order valence-electron chi connectivity index (χ3n) is 1.65. The summed E-state index contributed by atoms with van der Waals surface area (Å²) in [6.07, 6.45) is -1.34. The predicted molar refractivity (Wildman–Crippen MR) is 52.2 cm³/mol. The first kappa shape index (κ1) is 10.7. The molecular weight excluding hydrogens is 244 g/mol. The lowest BCUT2D eigenvalue weighted by molar-refractivity contribution is 0.114. The highest BCUT2D eigenvalue weighted by Gasteiger charge is 2.40. The van der Waals surface area contributed by atoms with Crippen molar-refractivity contribution < 1.29 is 28.5 Å². The molecule has 0 amide bonds. The van der Waals surface area contributed by atoms with Gasteiger partial charge in [-0.2, -0.15) is 0 Å². The van der Waals surface area contributed by atoms with Crippen molar-refractivity contribution in [2.75, 3.05) is 13.2 Å². The molecule has 2 fully saturated rings. The molecule has 84 valence electrons. The van der Waals surface area contributed by atoms with Crippen LogP contribution in [-0.4, -0.2) is 35.9 Å². The lowest BCUT2D eigenvalue weighted by atomic mass is 10.4. The van der Waals surface area contributed by atoms with Crippen LogP contribution in [0.15, 0.2) is 0 Å². The van der Waals surface area contributed by atoms with Gasteiger partial charge >= 0.3 is 12.3 Å². The number of hydrogen-bond donors (Lipinski definition) is 0. The molecule has 0 aromatic carbocycles. The van der Waals surface area contributed by atoms with E-state index < -0.39 is 17.2 Å². The molecule has 0 aromatic heterocycles. The molecule has 6 nitrogen and oxygen atoms in total. The van der Waals surface area contributed by atoms with Crippen molar-refractivity contribution in [3.63, 3.8) is 0 Å². The minimum atomic E-state index is -0.725. The van der Waals surface area contributed by atoms with Gasteiger partial charge in [-0.25, -0.2) is 9.59 Å². The molecule has 0 aliphatic carbocycles. The Kier molecular flexibility index (Phi) is 2.87. The molecule has 2 saturated heterocycles. The summed E-state index contributed by atoms with van der Waals surface area (Å²) in [6.45, 7) is 2.12. The van der Waals surface area contributed by atoms with Crippen molar-refractivity contribution in [3.8, 4) is 0 Å². The Morgan fingerprint density at radius 3 is 2.67 bits per heavy atom. The topological polar surface area (TPSA) is 71.1 Å². The highest BCUT2D eigenvalue weighted by Crippen LogP contribution is 2.43. The second-order valence-corrected chi connectivity index (χ2v) is 5.89. The molecule has 0 bridgehead atoms. The number of carbonyl (C=O) groups is 2. The van der Waals surface area contributed by atoms with Crippen LogP contribution in [-0.2, 0) is 18.9 Å². The van der Waals surface area contributed by atoms with E-state index in [1.165, 1.54) is 21.6 Å². The first-order valence-corrected chi connectivity index (χ1v) is 6.32. The molecule has 2 unspecified atom stereocenters. The number of carbonyl (C=O) groups excluding carboxylic acids is 2. The average molecular weight is 252 g/mol. The highest BCUT2D eigenvalue weighted by molar-refractivity contribution is 8.77. The second-order valence-electron chi connectivity index (χ2n) is 3.06. The molecule has 0 N–H and O–H groups in total. The molecule has 0 radical (unpaired) electrons. The first-order chi connectivity index (χ1) is 7.07. The van der Waals surface area contributed by atoms with Gasteiger partial charge in [0.15, 0.2) is 5.44 Å². The van der Waals surface area contributed by atoms with E-state index in [0.717, 1.165) is 0 Å². The zero-order chi connectivity index (χ0) is 10.9. The Morgan fingerprint density at radius 1 is 1.33 bits per heavy atom. The Hall–Kier alpha value is -0.760. The summed E-state index contributed by atoms with van der Waals surface area (Å²) in [5.41, 5.74) is -0.362. The van der Waals surface area contributed by atoms with E-state index in [1.807, 2.05) is 0 Å². The average Bonchev–Trinajstić information content (AvgIpc) is 2.71. The summed E-state index contributed by atoms with van der Waals surface area (Å²) in [5, 5.41) is 0. The maximum absolute atomic E-state index is 10.7. The number of rotatable bonds is 3. The van der Waals surface area contributed by atoms with Crippen molar-refractivity contribution in [3.05, 3.63) is 0 Å². The number of ether oxygens (including phenoxy) is 4. The van der Waals surface area contributed by atoms with Crippen molar-refractivity contribution in [1.29, 1.82) is 0 Å². The van der Waals surface area contributed by atoms with Gasteiger partial charge in [-0.1, -0.05) is 0 Å². The normalized spacial score (nSPS) is 34.3. The van der Waals surface area contributed by atoms with Gasteiger partial charge in [0.25, 0.3) is 0 Å². The van der Waals surface area contributed by atoms with E-state index in [2.05, 4.69) is 9.47 Å². The van der Waals surface area contributed by atoms with Gasteiger partial charge in [-0.3, -0.25) is 0 Å². The zero-order valence-electron chi connectivity index (χ0n) is 7.76. The summed E-state index contributed by atoms with van der Waals surface area (Å²) >= 11 is 0. The number of cyclic esters (lactones) is 4. The summed E-state index contributed by atoms with van der Waals surface area (Å²) in [5.74, 6) is 0. The molecule has 2 heterocycles. The molecule has 2 aliphatic rings. The van der Waals surface area contributed by atoms with Gasteiger partial charge in [0.05, 0.1) is 0 Å². The van der Waals surface area contributed by atoms with Gasteiger partial charge in [0, 0.05) is 0 Å². The van der Waals surface area contributed by atoms with Crippen LogP contribution in [0.4, 0.5) is 9.59 Å². The van der Waals surface area contributed by atoms with Crippen LogP contribution in [0, 0.1) is 0 Å². The lowest BCUT2D eigenvalue weighted by Gasteiger charge is -2.18. The van der Waals surface area contributed by atoms with E-state index in [9.17, 15) is 9.59 Å². The minimum Gasteiger partial charge on any atom is -0.429 e. The van der Waals surface area contributed by atoms with E-state index >= 15 is 0 Å². The van der Waals surface area contributed by atoms with Crippen LogP contribution >= 0.6 is 21.6 Å². The van der Waals surface area contributed by atoms with E-state index in [1.54, 1.807) is 6.92 Å². The molecule has 15 heavy (non-hydrogen) atoms. The maximum Gasteiger partial charge on any atom is 0.510 e. The molecule has 0 aromatic rings. The monoisotopic (exact) mass is 252 g/mol. The molecule has 2 aliphatic heterocycles. The predicted octanol–water partition coefficient (Wildman–Crippen LogP) is 1.74. The minimum absolute atomic E-state index is 0.186. The first-order valence-electron chi connectivity index (χ1n) is 4.11. The second kappa shape index (κ2) is 4.01. The van der Waals surface area contributed by atoms with Crippen LogP contribution in [0.1, 0.15) is 6.92 Å². The molecule has 2 atom stereocenters. The fourth-order valence-corrected chi connectivity index (χ4v) is 3.21. The smallest absolute Gasteiger partial charge is 0.429 e. The van der Waals surface area contributed by atoms with Crippen molar-refractivity contribution >= 4 is 33.9 Å². The van der Waals surface area contributed by atoms with Crippen LogP contribution in [0.2, 0.25) is 0 Å². The highest BCUT2D eigenvalue weighted by atomic mass is 33.1. The van der Waals surface area contributed by atoms with Crippen LogP contribution in [0.3, 0.4) is 0 Å².